The van der Waals surface area contributed by atoms with Crippen LogP contribution < -0.4 is 0 Å². The lowest BCUT2D eigenvalue weighted by atomic mass is 10.0. The standard InChI is InChI=1S/C31H21ClFOS2/c32-29-21-23(31(34)22-11-14-24(33)15-12-22)13-20-30(29)35-25-16-18-28(19-17-25)36(26-7-3-1-4-8-26)27-9-5-2-6-10-27/h1-21H/q+1. The van der Waals surface area contributed by atoms with E-state index < -0.39 is 0 Å². The first-order chi connectivity index (χ1) is 17.6. The van der Waals surface area contributed by atoms with Crippen molar-refractivity contribution in [3.05, 3.63) is 149 Å². The molecule has 0 spiro atoms. The van der Waals surface area contributed by atoms with Gasteiger partial charge in [0.05, 0.1) is 15.9 Å². The molecule has 0 atom stereocenters. The fourth-order valence-electron chi connectivity index (χ4n) is 3.78. The molecule has 0 amide bonds. The van der Waals surface area contributed by atoms with E-state index in [1.54, 1.807) is 23.9 Å². The number of rotatable bonds is 7. The van der Waals surface area contributed by atoms with Gasteiger partial charge in [-0.25, -0.2) is 4.39 Å². The van der Waals surface area contributed by atoms with E-state index in [0.29, 0.717) is 16.1 Å². The maximum atomic E-state index is 13.2. The molecule has 176 valence electrons. The third kappa shape index (κ3) is 5.57. The molecule has 0 unspecified atom stereocenters. The molecule has 0 saturated heterocycles. The Morgan fingerprint density at radius 3 is 1.72 bits per heavy atom. The smallest absolute Gasteiger partial charge is 0.193 e. The number of halogens is 2. The zero-order chi connectivity index (χ0) is 24.9. The van der Waals surface area contributed by atoms with E-state index in [0.717, 1.165) is 9.79 Å². The van der Waals surface area contributed by atoms with Gasteiger partial charge in [0.1, 0.15) is 5.82 Å². The number of benzene rings is 5. The minimum Gasteiger partial charge on any atom is -0.289 e. The highest BCUT2D eigenvalue weighted by molar-refractivity contribution is 7.99. The molecule has 0 aliphatic rings. The predicted molar refractivity (Wildman–Crippen MR) is 147 cm³/mol. The zero-order valence-electron chi connectivity index (χ0n) is 19.1. The summed E-state index contributed by atoms with van der Waals surface area (Å²) in [6.45, 7) is 0. The summed E-state index contributed by atoms with van der Waals surface area (Å²) in [6, 6.07) is 40.5. The van der Waals surface area contributed by atoms with Gasteiger partial charge in [-0.3, -0.25) is 4.79 Å². The molecular weight excluding hydrogens is 507 g/mol. The van der Waals surface area contributed by atoms with Crippen LogP contribution in [0.5, 0.6) is 0 Å². The molecule has 0 heterocycles. The van der Waals surface area contributed by atoms with Gasteiger partial charge in [-0.05, 0) is 91.0 Å². The van der Waals surface area contributed by atoms with E-state index in [9.17, 15) is 9.18 Å². The average Bonchev–Trinajstić information content (AvgIpc) is 2.92. The van der Waals surface area contributed by atoms with Crippen LogP contribution in [0.4, 0.5) is 4.39 Å². The fourth-order valence-corrected chi connectivity index (χ4v) is 6.98. The lowest BCUT2D eigenvalue weighted by Gasteiger charge is -2.10. The zero-order valence-corrected chi connectivity index (χ0v) is 21.5. The fraction of sp³-hybridized carbons (Fsp3) is 0. The van der Waals surface area contributed by atoms with Crippen molar-refractivity contribution in [2.45, 2.75) is 24.5 Å². The molecule has 0 radical (unpaired) electrons. The van der Waals surface area contributed by atoms with Gasteiger partial charge in [-0.2, -0.15) is 0 Å². The summed E-state index contributed by atoms with van der Waals surface area (Å²) in [6.07, 6.45) is 0. The quantitative estimate of drug-likeness (QED) is 0.155. The molecule has 0 aliphatic heterocycles. The van der Waals surface area contributed by atoms with Crippen molar-refractivity contribution < 1.29 is 9.18 Å². The van der Waals surface area contributed by atoms with Gasteiger partial charge in [0.2, 0.25) is 0 Å². The molecule has 5 heteroatoms. The monoisotopic (exact) mass is 527 g/mol. The Morgan fingerprint density at radius 1 is 0.639 bits per heavy atom. The molecule has 0 aliphatic carbocycles. The van der Waals surface area contributed by atoms with E-state index in [1.165, 1.54) is 39.0 Å². The van der Waals surface area contributed by atoms with Crippen molar-refractivity contribution >= 4 is 40.0 Å². The first kappa shape index (κ1) is 24.4. The third-order valence-electron chi connectivity index (χ3n) is 5.55. The van der Waals surface area contributed by atoms with Crippen molar-refractivity contribution in [3.63, 3.8) is 0 Å². The van der Waals surface area contributed by atoms with Gasteiger partial charge >= 0.3 is 0 Å². The van der Waals surface area contributed by atoms with Crippen molar-refractivity contribution in [3.8, 4) is 0 Å². The summed E-state index contributed by atoms with van der Waals surface area (Å²) >= 11 is 8.10. The average molecular weight is 528 g/mol. The molecule has 5 rings (SSSR count). The Kier molecular flexibility index (Phi) is 7.57. The highest BCUT2D eigenvalue weighted by atomic mass is 35.5. The largest absolute Gasteiger partial charge is 0.289 e. The van der Waals surface area contributed by atoms with E-state index in [2.05, 4.69) is 72.8 Å². The van der Waals surface area contributed by atoms with Crippen molar-refractivity contribution in [1.82, 2.24) is 0 Å². The summed E-state index contributed by atoms with van der Waals surface area (Å²) in [4.78, 5) is 18.4. The third-order valence-corrected chi connectivity index (χ3v) is 9.28. The molecular formula is C31H21ClFOS2+. The number of hydrogen-bond acceptors (Lipinski definition) is 2. The van der Waals surface area contributed by atoms with Crippen LogP contribution in [0.25, 0.3) is 0 Å². The normalized spacial score (nSPS) is 11.0. The molecule has 36 heavy (non-hydrogen) atoms. The van der Waals surface area contributed by atoms with Crippen LogP contribution in [0.15, 0.2) is 152 Å². The molecule has 5 aromatic rings. The highest BCUT2D eigenvalue weighted by Crippen LogP contribution is 2.36. The van der Waals surface area contributed by atoms with Crippen molar-refractivity contribution in [1.29, 1.82) is 0 Å². The van der Waals surface area contributed by atoms with Gasteiger partial charge in [-0.15, -0.1) is 0 Å². The lowest BCUT2D eigenvalue weighted by Crippen LogP contribution is -2.04. The van der Waals surface area contributed by atoms with Gasteiger partial charge in [-0.1, -0.05) is 59.8 Å². The Bertz CT molecular complexity index is 1430. The predicted octanol–water partition coefficient (Wildman–Crippen LogP) is 8.96. The summed E-state index contributed by atoms with van der Waals surface area (Å²) in [5.41, 5.74) is 0.900. The lowest BCUT2D eigenvalue weighted by molar-refractivity contribution is 0.103. The van der Waals surface area contributed by atoms with Crippen molar-refractivity contribution in [2.24, 2.45) is 0 Å². The van der Waals surface area contributed by atoms with Crippen molar-refractivity contribution in [2.75, 3.05) is 0 Å². The topological polar surface area (TPSA) is 17.1 Å². The van der Waals surface area contributed by atoms with Gasteiger partial charge in [0.15, 0.2) is 20.5 Å². The minimum atomic E-state index is -0.373. The summed E-state index contributed by atoms with van der Waals surface area (Å²) in [5, 5.41) is 0.505. The maximum Gasteiger partial charge on any atom is 0.193 e. The van der Waals surface area contributed by atoms with E-state index in [4.69, 9.17) is 11.6 Å². The molecule has 1 nitrogen and oxygen atoms in total. The Balaban J connectivity index is 1.36. The van der Waals surface area contributed by atoms with E-state index in [-0.39, 0.29) is 22.5 Å². The first-order valence-corrected chi connectivity index (χ1v) is 13.7. The van der Waals surface area contributed by atoms with Gasteiger partial charge in [0.25, 0.3) is 0 Å². The first-order valence-electron chi connectivity index (χ1n) is 11.3. The Hall–Kier alpha value is -3.31. The number of carbonyl (C=O) groups is 1. The maximum absolute atomic E-state index is 13.2. The van der Waals surface area contributed by atoms with Crippen LogP contribution in [0, 0.1) is 5.82 Å². The van der Waals surface area contributed by atoms with Gasteiger partial charge in [0, 0.05) is 20.9 Å². The SMILES string of the molecule is O=C(c1ccc(F)cc1)c1ccc(Sc2ccc([S+](c3ccccc3)c3ccccc3)cc2)c(Cl)c1. The van der Waals surface area contributed by atoms with Crippen LogP contribution in [-0.2, 0) is 10.9 Å². The van der Waals surface area contributed by atoms with Crippen LogP contribution in [-0.4, -0.2) is 5.78 Å². The minimum absolute atomic E-state index is 0.188. The van der Waals surface area contributed by atoms with Crippen LogP contribution >= 0.6 is 23.4 Å². The summed E-state index contributed by atoms with van der Waals surface area (Å²) in [7, 11) is -0.198. The number of ketones is 1. The molecule has 0 fully saturated rings. The summed E-state index contributed by atoms with van der Waals surface area (Å²) < 4.78 is 13.2. The van der Waals surface area contributed by atoms with E-state index >= 15 is 0 Å². The molecule has 0 bridgehead atoms. The molecule has 0 aromatic heterocycles. The second-order valence-electron chi connectivity index (χ2n) is 7.99. The molecule has 5 aromatic carbocycles. The second-order valence-corrected chi connectivity index (χ2v) is 11.5. The van der Waals surface area contributed by atoms with Crippen LogP contribution in [0.2, 0.25) is 5.02 Å². The molecule has 0 saturated carbocycles. The van der Waals surface area contributed by atoms with Crippen LogP contribution in [0.3, 0.4) is 0 Å². The Morgan fingerprint density at radius 2 is 1.17 bits per heavy atom. The number of hydrogen-bond donors (Lipinski definition) is 0. The van der Waals surface area contributed by atoms with E-state index in [1.807, 2.05) is 18.2 Å². The second kappa shape index (κ2) is 11.2. The Labute approximate surface area is 222 Å². The van der Waals surface area contributed by atoms with Gasteiger partial charge < -0.3 is 0 Å². The molecule has 0 N–H and O–H groups in total. The number of carbonyl (C=O) groups excluding carboxylic acids is 1. The summed E-state index contributed by atoms with van der Waals surface area (Å²) in [5.74, 6) is -0.562. The highest BCUT2D eigenvalue weighted by Gasteiger charge is 2.28. The van der Waals surface area contributed by atoms with Crippen LogP contribution in [0.1, 0.15) is 15.9 Å².